The maximum atomic E-state index is 12.6. The lowest BCUT2D eigenvalue weighted by Crippen LogP contribution is -2.47. The number of nitrogens with zero attached hydrogens (tertiary/aromatic N) is 2. The molecule has 0 atom stereocenters. The second-order valence-electron chi connectivity index (χ2n) is 8.28. The molecule has 2 aliphatic heterocycles. The molecule has 6 nitrogen and oxygen atoms in total. The third-order valence-electron chi connectivity index (χ3n) is 6.24. The van der Waals surface area contributed by atoms with Gasteiger partial charge in [-0.2, -0.15) is 0 Å². The standard InChI is InChI=1S/C22H31N3O3/c26-21(17-11-15-25(16-12-17)22(27)24-13-3-4-14-24)23-18-7-9-20(10-8-18)28-19-5-1-2-6-19/h7-10,17,19H,1-6,11-16H2,(H,23,26). The Morgan fingerprint density at radius 2 is 1.43 bits per heavy atom. The van der Waals surface area contributed by atoms with Crippen LogP contribution in [0.15, 0.2) is 24.3 Å². The smallest absolute Gasteiger partial charge is 0.319 e. The molecule has 0 unspecified atom stereocenters. The Bertz CT molecular complexity index is 671. The third kappa shape index (κ3) is 4.59. The monoisotopic (exact) mass is 385 g/mol. The maximum absolute atomic E-state index is 12.6. The van der Waals surface area contributed by atoms with E-state index in [1.54, 1.807) is 0 Å². The Morgan fingerprint density at radius 3 is 2.07 bits per heavy atom. The Morgan fingerprint density at radius 1 is 0.821 bits per heavy atom. The Hall–Kier alpha value is -2.24. The van der Waals surface area contributed by atoms with Crippen LogP contribution in [0, 0.1) is 5.92 Å². The molecule has 2 heterocycles. The van der Waals surface area contributed by atoms with E-state index in [1.807, 2.05) is 34.1 Å². The first-order valence-electron chi connectivity index (χ1n) is 10.8. The molecule has 152 valence electrons. The normalized spacial score (nSPS) is 21.1. The van der Waals surface area contributed by atoms with Gasteiger partial charge in [0.1, 0.15) is 5.75 Å². The number of rotatable bonds is 4. The summed E-state index contributed by atoms with van der Waals surface area (Å²) < 4.78 is 5.97. The zero-order valence-electron chi connectivity index (χ0n) is 16.6. The number of carbonyl (C=O) groups is 2. The van der Waals surface area contributed by atoms with Crippen molar-refractivity contribution in [3.05, 3.63) is 24.3 Å². The summed E-state index contributed by atoms with van der Waals surface area (Å²) in [5.41, 5.74) is 0.805. The molecule has 3 fully saturated rings. The minimum Gasteiger partial charge on any atom is -0.490 e. The van der Waals surface area contributed by atoms with Crippen molar-refractivity contribution in [2.24, 2.45) is 5.92 Å². The highest BCUT2D eigenvalue weighted by atomic mass is 16.5. The predicted octanol–water partition coefficient (Wildman–Crippen LogP) is 3.87. The molecule has 0 bridgehead atoms. The van der Waals surface area contributed by atoms with E-state index in [9.17, 15) is 9.59 Å². The van der Waals surface area contributed by atoms with E-state index in [2.05, 4.69) is 5.32 Å². The molecular formula is C22H31N3O3. The van der Waals surface area contributed by atoms with E-state index in [1.165, 1.54) is 12.8 Å². The predicted molar refractivity (Wildman–Crippen MR) is 108 cm³/mol. The van der Waals surface area contributed by atoms with Crippen LogP contribution in [0.1, 0.15) is 51.4 Å². The molecule has 3 amide bonds. The summed E-state index contributed by atoms with van der Waals surface area (Å²) in [6, 6.07) is 7.84. The van der Waals surface area contributed by atoms with Crippen LogP contribution in [0.4, 0.5) is 10.5 Å². The van der Waals surface area contributed by atoms with E-state index in [4.69, 9.17) is 4.74 Å². The average molecular weight is 386 g/mol. The number of hydrogen-bond acceptors (Lipinski definition) is 3. The Kier molecular flexibility index (Phi) is 6.03. The molecule has 1 aromatic carbocycles. The van der Waals surface area contributed by atoms with E-state index in [0.717, 1.165) is 63.1 Å². The average Bonchev–Trinajstić information content (AvgIpc) is 3.43. The number of urea groups is 1. The first-order valence-corrected chi connectivity index (χ1v) is 10.8. The summed E-state index contributed by atoms with van der Waals surface area (Å²) in [5.74, 6) is 0.897. The quantitative estimate of drug-likeness (QED) is 0.856. The van der Waals surface area contributed by atoms with Gasteiger partial charge in [-0.3, -0.25) is 4.79 Å². The van der Waals surface area contributed by atoms with Crippen LogP contribution in [-0.4, -0.2) is 54.0 Å². The van der Waals surface area contributed by atoms with E-state index < -0.39 is 0 Å². The molecule has 0 spiro atoms. The molecule has 1 aliphatic carbocycles. The lowest BCUT2D eigenvalue weighted by atomic mass is 9.96. The van der Waals surface area contributed by atoms with Gasteiger partial charge in [-0.15, -0.1) is 0 Å². The number of carbonyl (C=O) groups excluding carboxylic acids is 2. The van der Waals surface area contributed by atoms with Gasteiger partial charge in [-0.25, -0.2) is 4.79 Å². The molecule has 0 radical (unpaired) electrons. The van der Waals surface area contributed by atoms with Crippen LogP contribution in [0.5, 0.6) is 5.75 Å². The van der Waals surface area contributed by atoms with Crippen LogP contribution in [0.2, 0.25) is 0 Å². The number of ether oxygens (including phenoxy) is 1. The minimum absolute atomic E-state index is 0.0305. The fraction of sp³-hybridized carbons (Fsp3) is 0.636. The molecule has 0 aromatic heterocycles. The van der Waals surface area contributed by atoms with E-state index in [-0.39, 0.29) is 17.9 Å². The molecule has 3 aliphatic rings. The number of benzene rings is 1. The van der Waals surface area contributed by atoms with Crippen molar-refractivity contribution >= 4 is 17.6 Å². The van der Waals surface area contributed by atoms with Crippen molar-refractivity contribution in [2.75, 3.05) is 31.5 Å². The summed E-state index contributed by atoms with van der Waals surface area (Å²) in [7, 11) is 0. The van der Waals surface area contributed by atoms with Crippen LogP contribution in [-0.2, 0) is 4.79 Å². The van der Waals surface area contributed by atoms with Gasteiger partial charge in [0.2, 0.25) is 5.91 Å². The Balaban J connectivity index is 1.23. The highest BCUT2D eigenvalue weighted by Crippen LogP contribution is 2.26. The topological polar surface area (TPSA) is 61.9 Å². The fourth-order valence-electron chi connectivity index (χ4n) is 4.50. The summed E-state index contributed by atoms with van der Waals surface area (Å²) >= 11 is 0. The van der Waals surface area contributed by atoms with Crippen LogP contribution < -0.4 is 10.1 Å². The lowest BCUT2D eigenvalue weighted by Gasteiger charge is -2.34. The maximum Gasteiger partial charge on any atom is 0.319 e. The van der Waals surface area contributed by atoms with Crippen molar-refractivity contribution in [1.82, 2.24) is 9.80 Å². The summed E-state index contributed by atoms with van der Waals surface area (Å²) in [4.78, 5) is 28.9. The van der Waals surface area contributed by atoms with Gasteiger partial charge in [0.05, 0.1) is 6.10 Å². The lowest BCUT2D eigenvalue weighted by molar-refractivity contribution is -0.121. The largest absolute Gasteiger partial charge is 0.490 e. The number of amides is 3. The molecule has 2 saturated heterocycles. The van der Waals surface area contributed by atoms with Crippen LogP contribution >= 0.6 is 0 Å². The van der Waals surface area contributed by atoms with Gasteiger partial charge in [0, 0.05) is 37.8 Å². The highest BCUT2D eigenvalue weighted by Gasteiger charge is 2.30. The molecule has 1 aromatic rings. The first kappa shape index (κ1) is 19.1. The number of likely N-dealkylation sites (tertiary alicyclic amines) is 2. The molecule has 6 heteroatoms. The molecule has 1 N–H and O–H groups in total. The van der Waals surface area contributed by atoms with Gasteiger partial charge in [-0.1, -0.05) is 0 Å². The SMILES string of the molecule is O=C(Nc1ccc(OC2CCCC2)cc1)C1CCN(C(=O)N2CCCC2)CC1. The zero-order chi connectivity index (χ0) is 19.3. The van der Waals surface area contributed by atoms with Gasteiger partial charge in [0.15, 0.2) is 0 Å². The van der Waals surface area contributed by atoms with Gasteiger partial charge >= 0.3 is 6.03 Å². The summed E-state index contributed by atoms with van der Waals surface area (Å²) in [6.07, 6.45) is 8.79. The van der Waals surface area contributed by atoms with Gasteiger partial charge in [0.25, 0.3) is 0 Å². The minimum atomic E-state index is -0.0305. The van der Waals surface area contributed by atoms with E-state index in [0.29, 0.717) is 19.2 Å². The first-order chi connectivity index (χ1) is 13.7. The highest BCUT2D eigenvalue weighted by molar-refractivity contribution is 5.92. The van der Waals surface area contributed by atoms with Crippen LogP contribution in [0.3, 0.4) is 0 Å². The molecule has 4 rings (SSSR count). The summed E-state index contributed by atoms with van der Waals surface area (Å²) in [6.45, 7) is 3.09. The molecule has 1 saturated carbocycles. The second-order valence-corrected chi connectivity index (χ2v) is 8.28. The molecular weight excluding hydrogens is 354 g/mol. The van der Waals surface area contributed by atoms with Crippen LogP contribution in [0.25, 0.3) is 0 Å². The number of anilines is 1. The van der Waals surface area contributed by atoms with Gasteiger partial charge < -0.3 is 19.9 Å². The zero-order valence-corrected chi connectivity index (χ0v) is 16.6. The Labute approximate surface area is 167 Å². The van der Waals surface area contributed by atoms with Crippen molar-refractivity contribution in [3.8, 4) is 5.75 Å². The number of nitrogens with one attached hydrogen (secondary N) is 1. The van der Waals surface area contributed by atoms with Gasteiger partial charge in [-0.05, 0) is 75.6 Å². The van der Waals surface area contributed by atoms with Crippen molar-refractivity contribution < 1.29 is 14.3 Å². The van der Waals surface area contributed by atoms with Crippen molar-refractivity contribution in [3.63, 3.8) is 0 Å². The van der Waals surface area contributed by atoms with Crippen molar-refractivity contribution in [2.45, 2.75) is 57.5 Å². The number of hydrogen-bond donors (Lipinski definition) is 1. The van der Waals surface area contributed by atoms with Crippen molar-refractivity contribution in [1.29, 1.82) is 0 Å². The van der Waals surface area contributed by atoms with E-state index >= 15 is 0 Å². The number of piperidine rings is 1. The third-order valence-corrected chi connectivity index (χ3v) is 6.24. The molecule has 28 heavy (non-hydrogen) atoms. The fourth-order valence-corrected chi connectivity index (χ4v) is 4.50. The summed E-state index contributed by atoms with van der Waals surface area (Å²) in [5, 5.41) is 3.02. The second kappa shape index (κ2) is 8.84.